The number of nitrogens with one attached hydrogen (secondary N) is 1. The van der Waals surface area contributed by atoms with Crippen molar-refractivity contribution in [2.24, 2.45) is 0 Å². The van der Waals surface area contributed by atoms with Crippen molar-refractivity contribution < 1.29 is 14.1 Å². The lowest BCUT2D eigenvalue weighted by atomic mass is 10.1. The molecule has 0 saturated heterocycles. The number of fused-ring (bicyclic) bond motifs is 3. The van der Waals surface area contributed by atoms with Crippen molar-refractivity contribution in [1.29, 1.82) is 0 Å². The van der Waals surface area contributed by atoms with Crippen LogP contribution in [0.2, 0.25) is 0 Å². The van der Waals surface area contributed by atoms with Crippen molar-refractivity contribution in [3.8, 4) is 0 Å². The van der Waals surface area contributed by atoms with Crippen LogP contribution in [0, 0.1) is 15.9 Å². The Morgan fingerprint density at radius 1 is 1.27 bits per heavy atom. The normalized spacial score (nSPS) is 14.0. The van der Waals surface area contributed by atoms with Crippen LogP contribution in [0.5, 0.6) is 0 Å². The zero-order chi connectivity index (χ0) is 18.3. The maximum Gasteiger partial charge on any atom is 0.270 e. The molecule has 0 saturated carbocycles. The lowest BCUT2D eigenvalue weighted by Gasteiger charge is -2.23. The van der Waals surface area contributed by atoms with Crippen LogP contribution in [0.25, 0.3) is 10.1 Å². The SMILES string of the molecule is O=C1NCCN(Cc2ccccc2F)c2c1sc1ccc([N+](=O)[O-])cc21. The average molecular weight is 371 g/mol. The molecule has 0 fully saturated rings. The number of carbonyl (C=O) groups excluding carboxylic acids is 1. The Kier molecular flexibility index (Phi) is 4.04. The van der Waals surface area contributed by atoms with Crippen LogP contribution in [-0.2, 0) is 6.54 Å². The van der Waals surface area contributed by atoms with Gasteiger partial charge in [-0.3, -0.25) is 14.9 Å². The fraction of sp³-hybridized carbons (Fsp3) is 0.167. The average Bonchev–Trinajstić information content (AvgIpc) is 2.94. The van der Waals surface area contributed by atoms with Crippen molar-refractivity contribution in [1.82, 2.24) is 5.32 Å². The quantitative estimate of drug-likeness (QED) is 0.563. The van der Waals surface area contributed by atoms with Gasteiger partial charge in [-0.1, -0.05) is 18.2 Å². The van der Waals surface area contributed by atoms with Gasteiger partial charge in [0.25, 0.3) is 11.6 Å². The molecular weight excluding hydrogens is 357 g/mol. The highest BCUT2D eigenvalue weighted by Gasteiger charge is 2.27. The third-order valence-corrected chi connectivity index (χ3v) is 5.52. The van der Waals surface area contributed by atoms with E-state index in [0.29, 0.717) is 34.6 Å². The number of hydrogen-bond acceptors (Lipinski definition) is 5. The summed E-state index contributed by atoms with van der Waals surface area (Å²) in [5.74, 6) is -0.525. The Balaban J connectivity index is 1.87. The van der Waals surface area contributed by atoms with E-state index < -0.39 is 4.92 Å². The van der Waals surface area contributed by atoms with Gasteiger partial charge in [0.1, 0.15) is 10.7 Å². The Morgan fingerprint density at radius 3 is 2.85 bits per heavy atom. The van der Waals surface area contributed by atoms with Crippen molar-refractivity contribution in [2.45, 2.75) is 6.54 Å². The molecule has 0 unspecified atom stereocenters. The number of carbonyl (C=O) groups is 1. The molecule has 8 heteroatoms. The summed E-state index contributed by atoms with van der Waals surface area (Å²) in [6, 6.07) is 11.1. The largest absolute Gasteiger partial charge is 0.363 e. The van der Waals surface area contributed by atoms with E-state index in [9.17, 15) is 19.3 Å². The van der Waals surface area contributed by atoms with E-state index in [0.717, 1.165) is 4.70 Å². The number of rotatable bonds is 3. The van der Waals surface area contributed by atoms with Crippen molar-refractivity contribution >= 4 is 38.7 Å². The van der Waals surface area contributed by atoms with E-state index in [2.05, 4.69) is 5.32 Å². The van der Waals surface area contributed by atoms with Gasteiger partial charge in [0, 0.05) is 47.4 Å². The fourth-order valence-corrected chi connectivity index (χ4v) is 4.26. The first-order valence-corrected chi connectivity index (χ1v) is 8.84. The van der Waals surface area contributed by atoms with Gasteiger partial charge in [-0.15, -0.1) is 11.3 Å². The van der Waals surface area contributed by atoms with Crippen LogP contribution >= 0.6 is 11.3 Å². The van der Waals surface area contributed by atoms with E-state index >= 15 is 0 Å². The Bertz CT molecular complexity index is 1030. The number of non-ortho nitro benzene ring substituents is 1. The molecule has 1 amide bonds. The Hall–Kier alpha value is -3.00. The van der Waals surface area contributed by atoms with Crippen LogP contribution in [0.1, 0.15) is 15.2 Å². The predicted octanol–water partition coefficient (Wildman–Crippen LogP) is 3.70. The summed E-state index contributed by atoms with van der Waals surface area (Å²) in [4.78, 5) is 25.5. The van der Waals surface area contributed by atoms with Gasteiger partial charge in [-0.05, 0) is 12.1 Å². The third kappa shape index (κ3) is 2.78. The molecule has 1 aromatic heterocycles. The molecule has 0 spiro atoms. The number of thiophene rings is 1. The first kappa shape index (κ1) is 16.5. The summed E-state index contributed by atoms with van der Waals surface area (Å²) < 4.78 is 14.9. The standard InChI is InChI=1S/C18H14FN3O3S/c19-14-4-2-1-3-11(14)10-21-8-7-20-18(23)17-16(21)13-9-12(22(24)25)5-6-15(13)26-17/h1-6,9H,7-8,10H2,(H,20,23). The molecule has 0 bridgehead atoms. The van der Waals surface area contributed by atoms with Crippen LogP contribution < -0.4 is 10.2 Å². The zero-order valence-electron chi connectivity index (χ0n) is 13.6. The minimum Gasteiger partial charge on any atom is -0.363 e. The van der Waals surface area contributed by atoms with Crippen LogP contribution in [0.3, 0.4) is 0 Å². The molecule has 1 aliphatic heterocycles. The predicted molar refractivity (Wildman–Crippen MR) is 98.3 cm³/mol. The molecular formula is C18H14FN3O3S. The number of benzene rings is 2. The van der Waals surface area contributed by atoms with Gasteiger partial charge in [-0.25, -0.2) is 4.39 Å². The summed E-state index contributed by atoms with van der Waals surface area (Å²) in [6.07, 6.45) is 0. The van der Waals surface area contributed by atoms with E-state index in [1.54, 1.807) is 24.3 Å². The second kappa shape index (κ2) is 6.38. The molecule has 0 aliphatic carbocycles. The van der Waals surface area contributed by atoms with Crippen LogP contribution in [0.4, 0.5) is 15.8 Å². The number of halogens is 1. The lowest BCUT2D eigenvalue weighted by molar-refractivity contribution is -0.384. The van der Waals surface area contributed by atoms with Gasteiger partial charge in [-0.2, -0.15) is 0 Å². The van der Waals surface area contributed by atoms with Crippen molar-refractivity contribution in [3.05, 3.63) is 68.8 Å². The Labute approximate surface area is 152 Å². The number of hydrogen-bond donors (Lipinski definition) is 1. The fourth-order valence-electron chi connectivity index (χ4n) is 3.14. The maximum atomic E-state index is 14.1. The third-order valence-electron chi connectivity index (χ3n) is 4.36. The topological polar surface area (TPSA) is 75.5 Å². The molecule has 4 rings (SSSR count). The summed E-state index contributed by atoms with van der Waals surface area (Å²) in [5, 5.41) is 14.6. The molecule has 2 aromatic carbocycles. The second-order valence-corrected chi connectivity index (χ2v) is 7.04. The van der Waals surface area contributed by atoms with E-state index in [1.165, 1.54) is 29.5 Å². The number of nitro groups is 1. The first-order valence-electron chi connectivity index (χ1n) is 8.02. The summed E-state index contributed by atoms with van der Waals surface area (Å²) in [5.41, 5.74) is 1.11. The van der Waals surface area contributed by atoms with E-state index in [1.807, 2.05) is 4.90 Å². The summed E-state index contributed by atoms with van der Waals surface area (Å²) in [6.45, 7) is 1.19. The highest BCUT2D eigenvalue weighted by molar-refractivity contribution is 7.21. The van der Waals surface area contributed by atoms with Gasteiger partial charge < -0.3 is 10.2 Å². The molecule has 0 radical (unpaired) electrons. The first-order chi connectivity index (χ1) is 12.5. The van der Waals surface area contributed by atoms with E-state index in [-0.39, 0.29) is 24.0 Å². The van der Waals surface area contributed by atoms with Gasteiger partial charge >= 0.3 is 0 Å². The van der Waals surface area contributed by atoms with Crippen LogP contribution in [-0.4, -0.2) is 23.9 Å². The van der Waals surface area contributed by atoms with Gasteiger partial charge in [0.2, 0.25) is 0 Å². The molecule has 26 heavy (non-hydrogen) atoms. The molecule has 132 valence electrons. The minimum atomic E-state index is -0.457. The molecule has 2 heterocycles. The molecule has 1 aliphatic rings. The smallest absolute Gasteiger partial charge is 0.270 e. The maximum absolute atomic E-state index is 14.1. The molecule has 6 nitrogen and oxygen atoms in total. The van der Waals surface area contributed by atoms with Gasteiger partial charge in [0.15, 0.2) is 0 Å². The zero-order valence-corrected chi connectivity index (χ0v) is 14.4. The number of anilines is 1. The summed E-state index contributed by atoms with van der Waals surface area (Å²) in [7, 11) is 0. The lowest BCUT2D eigenvalue weighted by Crippen LogP contribution is -2.30. The monoisotopic (exact) mass is 371 g/mol. The molecule has 3 aromatic rings. The number of nitrogens with zero attached hydrogens (tertiary/aromatic N) is 2. The molecule has 0 atom stereocenters. The van der Waals surface area contributed by atoms with Crippen molar-refractivity contribution in [3.63, 3.8) is 0 Å². The highest BCUT2D eigenvalue weighted by Crippen LogP contribution is 2.41. The number of amides is 1. The van der Waals surface area contributed by atoms with Crippen LogP contribution in [0.15, 0.2) is 42.5 Å². The Morgan fingerprint density at radius 2 is 2.08 bits per heavy atom. The van der Waals surface area contributed by atoms with E-state index in [4.69, 9.17) is 0 Å². The number of nitro benzene ring substituents is 1. The summed E-state index contributed by atoms with van der Waals surface area (Å²) >= 11 is 1.29. The highest BCUT2D eigenvalue weighted by atomic mass is 32.1. The minimum absolute atomic E-state index is 0.0337. The molecule has 1 N–H and O–H groups in total. The van der Waals surface area contributed by atoms with Gasteiger partial charge in [0.05, 0.1) is 10.6 Å². The second-order valence-electron chi connectivity index (χ2n) is 5.99. The van der Waals surface area contributed by atoms with Crippen molar-refractivity contribution in [2.75, 3.05) is 18.0 Å².